The lowest BCUT2D eigenvalue weighted by atomic mass is 10.3. The first-order valence-electron chi connectivity index (χ1n) is 5.14. The number of hydrogen-bond acceptors (Lipinski definition) is 3. The molecule has 0 radical (unpaired) electrons. The van der Waals surface area contributed by atoms with Gasteiger partial charge in [-0.3, -0.25) is 4.79 Å². The van der Waals surface area contributed by atoms with Crippen molar-refractivity contribution in [1.29, 1.82) is 0 Å². The lowest BCUT2D eigenvalue weighted by molar-refractivity contribution is -0.117. The highest BCUT2D eigenvalue weighted by molar-refractivity contribution is 9.10. The molecule has 1 amide bonds. The molecule has 17 heavy (non-hydrogen) atoms. The van der Waals surface area contributed by atoms with E-state index >= 15 is 0 Å². The first-order chi connectivity index (χ1) is 8.13. The number of benzene rings is 1. The van der Waals surface area contributed by atoms with Gasteiger partial charge >= 0.3 is 0 Å². The second kappa shape index (κ2) is 4.03. The van der Waals surface area contributed by atoms with Crippen molar-refractivity contribution < 1.29 is 9.18 Å². The molecule has 88 valence electrons. The van der Waals surface area contributed by atoms with E-state index in [1.807, 2.05) is 18.2 Å². The summed E-state index contributed by atoms with van der Waals surface area (Å²) in [5.41, 5.74) is 0.834. The molecule has 0 aliphatic heterocycles. The van der Waals surface area contributed by atoms with Crippen molar-refractivity contribution in [2.45, 2.75) is 12.6 Å². The molecule has 1 heterocycles. The number of halogens is 2. The molecule has 2 aromatic rings. The number of thiazole rings is 1. The fraction of sp³-hybridized carbons (Fsp3) is 0.273. The number of amides is 1. The third-order valence-electron chi connectivity index (χ3n) is 2.63. The number of aromatic nitrogens is 1. The number of nitrogens with zero attached hydrogens (tertiary/aromatic N) is 1. The predicted octanol–water partition coefficient (Wildman–Crippen LogP) is 3.36. The van der Waals surface area contributed by atoms with Crippen LogP contribution in [0.2, 0.25) is 0 Å². The van der Waals surface area contributed by atoms with Gasteiger partial charge in [-0.25, -0.2) is 9.37 Å². The third-order valence-corrected chi connectivity index (χ3v) is 4.06. The van der Waals surface area contributed by atoms with Gasteiger partial charge in [0.05, 0.1) is 16.1 Å². The van der Waals surface area contributed by atoms with Crippen LogP contribution in [-0.2, 0) is 4.79 Å². The van der Waals surface area contributed by atoms with Crippen LogP contribution in [0.3, 0.4) is 0 Å². The standard InChI is InChI=1S/C11H8BrFN2OS/c12-5-1-2-8-9(3-5)17-11(14-8)15-10(16)6-4-7(6)13/h1-3,6-7H,4H2,(H,14,15,16). The van der Waals surface area contributed by atoms with E-state index in [1.54, 1.807) is 0 Å². The molecule has 0 saturated heterocycles. The molecule has 1 fully saturated rings. The lowest BCUT2D eigenvalue weighted by Gasteiger charge is -1.97. The first-order valence-corrected chi connectivity index (χ1v) is 6.75. The van der Waals surface area contributed by atoms with Crippen LogP contribution in [0.4, 0.5) is 9.52 Å². The van der Waals surface area contributed by atoms with Gasteiger partial charge in [0.25, 0.3) is 0 Å². The molecule has 3 nitrogen and oxygen atoms in total. The largest absolute Gasteiger partial charge is 0.302 e. The maximum atomic E-state index is 12.7. The Balaban J connectivity index is 1.83. The summed E-state index contributed by atoms with van der Waals surface area (Å²) in [6, 6.07) is 5.71. The third kappa shape index (κ3) is 2.19. The van der Waals surface area contributed by atoms with Crippen molar-refractivity contribution >= 4 is 48.5 Å². The molecule has 2 unspecified atom stereocenters. The van der Waals surface area contributed by atoms with E-state index in [2.05, 4.69) is 26.2 Å². The van der Waals surface area contributed by atoms with Gasteiger partial charge < -0.3 is 5.32 Å². The summed E-state index contributed by atoms with van der Waals surface area (Å²) < 4.78 is 14.7. The fourth-order valence-corrected chi connectivity index (χ4v) is 3.01. The monoisotopic (exact) mass is 314 g/mol. The first kappa shape index (κ1) is 11.1. The quantitative estimate of drug-likeness (QED) is 0.923. The Hall–Kier alpha value is -1.01. The Bertz CT molecular complexity index is 600. The van der Waals surface area contributed by atoms with Crippen molar-refractivity contribution in [2.24, 2.45) is 5.92 Å². The average molecular weight is 315 g/mol. The number of alkyl halides is 1. The second-order valence-electron chi connectivity index (χ2n) is 3.98. The Labute approximate surface area is 109 Å². The number of hydrogen-bond donors (Lipinski definition) is 1. The molecule has 0 bridgehead atoms. The minimum Gasteiger partial charge on any atom is -0.302 e. The zero-order chi connectivity index (χ0) is 12.0. The van der Waals surface area contributed by atoms with E-state index in [0.29, 0.717) is 11.6 Å². The van der Waals surface area contributed by atoms with E-state index in [9.17, 15) is 9.18 Å². The number of carbonyl (C=O) groups is 1. The van der Waals surface area contributed by atoms with Crippen LogP contribution in [0, 0.1) is 5.92 Å². The van der Waals surface area contributed by atoms with E-state index < -0.39 is 12.1 Å². The van der Waals surface area contributed by atoms with Crippen molar-refractivity contribution in [3.05, 3.63) is 22.7 Å². The van der Waals surface area contributed by atoms with Gasteiger partial charge in [-0.2, -0.15) is 0 Å². The summed E-state index contributed by atoms with van der Waals surface area (Å²) in [5.74, 6) is -0.746. The summed E-state index contributed by atoms with van der Waals surface area (Å²) in [7, 11) is 0. The minimum atomic E-state index is -0.974. The van der Waals surface area contributed by atoms with Gasteiger partial charge in [-0.15, -0.1) is 0 Å². The SMILES string of the molecule is O=C(Nc1nc2ccc(Br)cc2s1)C1CC1F. The molecule has 1 aliphatic rings. The summed E-state index contributed by atoms with van der Waals surface area (Å²) in [4.78, 5) is 15.8. The van der Waals surface area contributed by atoms with Gasteiger partial charge in [0.1, 0.15) is 6.17 Å². The van der Waals surface area contributed by atoms with Gasteiger partial charge in [-0.05, 0) is 24.6 Å². The highest BCUT2D eigenvalue weighted by Crippen LogP contribution is 2.35. The van der Waals surface area contributed by atoms with Crippen LogP contribution in [0.25, 0.3) is 10.2 Å². The number of anilines is 1. The molecule has 1 aliphatic carbocycles. The van der Waals surface area contributed by atoms with Gasteiger partial charge in [-0.1, -0.05) is 27.3 Å². The highest BCUT2D eigenvalue weighted by Gasteiger charge is 2.43. The van der Waals surface area contributed by atoms with E-state index in [4.69, 9.17) is 0 Å². The van der Waals surface area contributed by atoms with Crippen LogP contribution in [0.5, 0.6) is 0 Å². The zero-order valence-electron chi connectivity index (χ0n) is 8.61. The maximum absolute atomic E-state index is 12.7. The summed E-state index contributed by atoms with van der Waals surface area (Å²) in [6.45, 7) is 0. The number of carbonyl (C=O) groups excluding carboxylic acids is 1. The van der Waals surface area contributed by atoms with Crippen LogP contribution in [0.1, 0.15) is 6.42 Å². The smallest absolute Gasteiger partial charge is 0.232 e. The molecule has 2 atom stereocenters. The summed E-state index contributed by atoms with van der Waals surface area (Å²) >= 11 is 4.77. The highest BCUT2D eigenvalue weighted by atomic mass is 79.9. The Morgan fingerprint density at radius 2 is 2.35 bits per heavy atom. The molecule has 1 saturated carbocycles. The number of fused-ring (bicyclic) bond motifs is 1. The van der Waals surface area contributed by atoms with E-state index in [-0.39, 0.29) is 5.91 Å². The maximum Gasteiger partial charge on any atom is 0.232 e. The predicted molar refractivity (Wildman–Crippen MR) is 69.0 cm³/mol. The van der Waals surface area contributed by atoms with Crippen molar-refractivity contribution in [3.63, 3.8) is 0 Å². The Kier molecular flexibility index (Phi) is 2.63. The van der Waals surface area contributed by atoms with Crippen LogP contribution >= 0.6 is 27.3 Å². The summed E-state index contributed by atoms with van der Waals surface area (Å²) in [5, 5.41) is 3.19. The molecular weight excluding hydrogens is 307 g/mol. The zero-order valence-corrected chi connectivity index (χ0v) is 11.0. The Morgan fingerprint density at radius 1 is 1.59 bits per heavy atom. The van der Waals surface area contributed by atoms with Crippen molar-refractivity contribution in [1.82, 2.24) is 4.98 Å². The van der Waals surface area contributed by atoms with Crippen molar-refractivity contribution in [3.8, 4) is 0 Å². The molecule has 1 aromatic carbocycles. The molecule has 1 aromatic heterocycles. The summed E-state index contributed by atoms with van der Waals surface area (Å²) in [6.07, 6.45) is -0.638. The molecule has 6 heteroatoms. The molecule has 3 rings (SSSR count). The Morgan fingerprint density at radius 3 is 3.06 bits per heavy atom. The topological polar surface area (TPSA) is 42.0 Å². The average Bonchev–Trinajstić information content (AvgIpc) is 2.87. The molecular formula is C11H8BrFN2OS. The van der Waals surface area contributed by atoms with Crippen molar-refractivity contribution in [2.75, 3.05) is 5.32 Å². The van der Waals surface area contributed by atoms with E-state index in [1.165, 1.54) is 11.3 Å². The van der Waals surface area contributed by atoms with Crippen LogP contribution in [0.15, 0.2) is 22.7 Å². The van der Waals surface area contributed by atoms with Crippen LogP contribution < -0.4 is 5.32 Å². The van der Waals surface area contributed by atoms with Gasteiger partial charge in [0.15, 0.2) is 5.13 Å². The number of rotatable bonds is 2. The minimum absolute atomic E-state index is 0.268. The number of nitrogens with one attached hydrogen (secondary N) is 1. The second-order valence-corrected chi connectivity index (χ2v) is 5.92. The lowest BCUT2D eigenvalue weighted by Crippen LogP contribution is -2.14. The van der Waals surface area contributed by atoms with Gasteiger partial charge in [0, 0.05) is 4.47 Å². The normalized spacial score (nSPS) is 22.7. The van der Waals surface area contributed by atoms with Gasteiger partial charge in [0.2, 0.25) is 5.91 Å². The molecule has 1 N–H and O–H groups in total. The van der Waals surface area contributed by atoms with Crippen LogP contribution in [-0.4, -0.2) is 17.1 Å². The molecule has 0 spiro atoms. The van der Waals surface area contributed by atoms with E-state index in [0.717, 1.165) is 14.7 Å². The fourth-order valence-electron chi connectivity index (χ4n) is 1.59.